The molecule has 2 rings (SSSR count). The van der Waals surface area contributed by atoms with Crippen LogP contribution in [0.5, 0.6) is 17.2 Å². The number of carbonyl (C=O) groups excluding carboxylic acids is 1. The summed E-state index contributed by atoms with van der Waals surface area (Å²) in [7, 11) is 3.01. The van der Waals surface area contributed by atoms with E-state index in [-0.39, 0.29) is 12.3 Å². The van der Waals surface area contributed by atoms with Crippen LogP contribution >= 0.6 is 0 Å². The molecule has 1 atom stereocenters. The van der Waals surface area contributed by atoms with E-state index in [1.807, 2.05) is 6.92 Å². The van der Waals surface area contributed by atoms with Crippen molar-refractivity contribution in [3.63, 3.8) is 0 Å². The minimum Gasteiger partial charge on any atom is -0.494 e. The second-order valence-electron chi connectivity index (χ2n) is 5.70. The van der Waals surface area contributed by atoms with Crippen molar-refractivity contribution >= 4 is 11.9 Å². The maximum Gasteiger partial charge on any atom is 0.305 e. The van der Waals surface area contributed by atoms with Crippen molar-refractivity contribution in [3.05, 3.63) is 53.6 Å². The summed E-state index contributed by atoms with van der Waals surface area (Å²) in [5.41, 5.74) is 1.02. The summed E-state index contributed by atoms with van der Waals surface area (Å²) in [5.74, 6) is 0.241. The topological polar surface area (TPSA) is 94.1 Å². The van der Waals surface area contributed by atoms with Crippen LogP contribution in [0.4, 0.5) is 0 Å². The number of carboxylic acids is 1. The molecule has 2 N–H and O–H groups in total. The van der Waals surface area contributed by atoms with Gasteiger partial charge in [-0.2, -0.15) is 0 Å². The van der Waals surface area contributed by atoms with E-state index >= 15 is 0 Å². The number of amides is 1. The minimum atomic E-state index is -1.03. The fraction of sp³-hybridized carbons (Fsp3) is 0.300. The number of rotatable bonds is 9. The van der Waals surface area contributed by atoms with Crippen LogP contribution in [0.1, 0.15) is 35.3 Å². The third kappa shape index (κ3) is 5.37. The molecule has 7 heteroatoms. The van der Waals surface area contributed by atoms with Crippen molar-refractivity contribution in [2.45, 2.75) is 19.4 Å². The van der Waals surface area contributed by atoms with Crippen molar-refractivity contribution in [2.75, 3.05) is 20.8 Å². The molecular formula is C20H23NO6. The Morgan fingerprint density at radius 3 is 2.26 bits per heavy atom. The van der Waals surface area contributed by atoms with Crippen molar-refractivity contribution in [2.24, 2.45) is 0 Å². The molecule has 2 aromatic rings. The van der Waals surface area contributed by atoms with Crippen LogP contribution < -0.4 is 19.5 Å². The largest absolute Gasteiger partial charge is 0.494 e. The van der Waals surface area contributed by atoms with E-state index in [1.54, 1.807) is 42.5 Å². The van der Waals surface area contributed by atoms with Crippen LogP contribution in [0.3, 0.4) is 0 Å². The van der Waals surface area contributed by atoms with E-state index in [4.69, 9.17) is 14.2 Å². The summed E-state index contributed by atoms with van der Waals surface area (Å²) >= 11 is 0. The highest BCUT2D eigenvalue weighted by Gasteiger charge is 2.20. The third-order valence-electron chi connectivity index (χ3n) is 3.92. The molecule has 2 aromatic carbocycles. The summed E-state index contributed by atoms with van der Waals surface area (Å²) in [6.07, 6.45) is -0.266. The molecular weight excluding hydrogens is 350 g/mol. The highest BCUT2D eigenvalue weighted by Crippen LogP contribution is 2.31. The van der Waals surface area contributed by atoms with Crippen LogP contribution in [0.15, 0.2) is 42.5 Å². The molecule has 0 radical (unpaired) electrons. The van der Waals surface area contributed by atoms with E-state index in [9.17, 15) is 14.7 Å². The van der Waals surface area contributed by atoms with Gasteiger partial charge in [0.2, 0.25) is 0 Å². The number of ether oxygens (including phenoxy) is 3. The summed E-state index contributed by atoms with van der Waals surface area (Å²) in [6.45, 7) is 2.41. The second kappa shape index (κ2) is 9.47. The number of nitrogens with one attached hydrogen (secondary N) is 1. The molecule has 0 aliphatic rings. The molecule has 27 heavy (non-hydrogen) atoms. The first-order valence-electron chi connectivity index (χ1n) is 8.46. The van der Waals surface area contributed by atoms with E-state index in [0.29, 0.717) is 35.0 Å². The Kier molecular flexibility index (Phi) is 7.05. The Balaban J connectivity index is 2.23. The monoisotopic (exact) mass is 373 g/mol. The van der Waals surface area contributed by atoms with Gasteiger partial charge in [0.15, 0.2) is 11.5 Å². The number of benzene rings is 2. The summed E-state index contributed by atoms with van der Waals surface area (Å²) in [4.78, 5) is 23.8. The number of hydrogen-bond donors (Lipinski definition) is 2. The zero-order chi connectivity index (χ0) is 19.8. The van der Waals surface area contributed by atoms with Crippen LogP contribution in [-0.2, 0) is 4.79 Å². The molecule has 144 valence electrons. The number of aliphatic carboxylic acids is 1. The van der Waals surface area contributed by atoms with Crippen molar-refractivity contribution in [3.8, 4) is 17.2 Å². The Morgan fingerprint density at radius 1 is 1.04 bits per heavy atom. The fourth-order valence-corrected chi connectivity index (χ4v) is 2.61. The van der Waals surface area contributed by atoms with Crippen LogP contribution in [0.2, 0.25) is 0 Å². The molecule has 0 bridgehead atoms. The molecule has 0 saturated heterocycles. The molecule has 0 saturated carbocycles. The van der Waals surface area contributed by atoms with Gasteiger partial charge in [-0.1, -0.05) is 6.07 Å². The smallest absolute Gasteiger partial charge is 0.305 e. The van der Waals surface area contributed by atoms with Gasteiger partial charge in [0.25, 0.3) is 5.91 Å². The fourth-order valence-electron chi connectivity index (χ4n) is 2.61. The Hall–Kier alpha value is -3.22. The van der Waals surface area contributed by atoms with Gasteiger partial charge in [0.05, 0.1) is 33.3 Å². The minimum absolute atomic E-state index is 0.266. The first-order chi connectivity index (χ1) is 13.0. The van der Waals surface area contributed by atoms with Crippen LogP contribution in [-0.4, -0.2) is 37.8 Å². The predicted octanol–water partition coefficient (Wildman–Crippen LogP) is 3.05. The molecule has 0 spiro atoms. The average molecular weight is 373 g/mol. The lowest BCUT2D eigenvalue weighted by atomic mass is 10.0. The first kappa shape index (κ1) is 20.1. The summed E-state index contributed by atoms with van der Waals surface area (Å²) in [6, 6.07) is 11.0. The lowest BCUT2D eigenvalue weighted by Crippen LogP contribution is -2.30. The average Bonchev–Trinajstić information content (AvgIpc) is 2.67. The molecule has 0 fully saturated rings. The molecule has 1 amide bonds. The second-order valence-corrected chi connectivity index (χ2v) is 5.70. The number of methoxy groups -OCH3 is 2. The Morgan fingerprint density at radius 2 is 1.70 bits per heavy atom. The van der Waals surface area contributed by atoms with E-state index in [1.165, 1.54) is 14.2 Å². The van der Waals surface area contributed by atoms with Gasteiger partial charge in [-0.25, -0.2) is 0 Å². The number of carbonyl (C=O) groups is 2. The zero-order valence-electron chi connectivity index (χ0n) is 15.5. The molecule has 0 aliphatic heterocycles. The standard InChI is InChI=1S/C20H23NO6/c1-4-27-15-8-5-13(6-9-15)20(24)21-16(12-19(22)23)14-7-10-17(25-2)18(11-14)26-3/h5-11,16H,4,12H2,1-3H3,(H,21,24)(H,22,23). The van der Waals surface area contributed by atoms with E-state index < -0.39 is 12.0 Å². The molecule has 0 heterocycles. The SMILES string of the molecule is CCOc1ccc(C(=O)NC(CC(=O)O)c2ccc(OC)c(OC)c2)cc1. The van der Waals surface area contributed by atoms with Gasteiger partial charge < -0.3 is 24.6 Å². The van der Waals surface area contributed by atoms with Gasteiger partial charge in [0, 0.05) is 5.56 Å². The van der Waals surface area contributed by atoms with Gasteiger partial charge in [-0.3, -0.25) is 9.59 Å². The number of carboxylic acid groups (broad SMARTS) is 1. The predicted molar refractivity (Wildman–Crippen MR) is 99.6 cm³/mol. The number of hydrogen-bond acceptors (Lipinski definition) is 5. The van der Waals surface area contributed by atoms with E-state index in [2.05, 4.69) is 5.32 Å². The highest BCUT2D eigenvalue weighted by atomic mass is 16.5. The summed E-state index contributed by atoms with van der Waals surface area (Å²) in [5, 5.41) is 12.0. The van der Waals surface area contributed by atoms with Gasteiger partial charge in [-0.15, -0.1) is 0 Å². The van der Waals surface area contributed by atoms with Crippen LogP contribution in [0.25, 0.3) is 0 Å². The molecule has 0 aromatic heterocycles. The maximum absolute atomic E-state index is 12.6. The summed E-state index contributed by atoms with van der Waals surface area (Å²) < 4.78 is 15.8. The normalized spacial score (nSPS) is 11.4. The van der Waals surface area contributed by atoms with E-state index in [0.717, 1.165) is 0 Å². The third-order valence-corrected chi connectivity index (χ3v) is 3.92. The molecule has 1 unspecified atom stereocenters. The van der Waals surface area contributed by atoms with Crippen molar-refractivity contribution < 1.29 is 28.9 Å². The maximum atomic E-state index is 12.6. The van der Waals surface area contributed by atoms with Gasteiger partial charge >= 0.3 is 5.97 Å². The quantitative estimate of drug-likeness (QED) is 0.702. The lowest BCUT2D eigenvalue weighted by molar-refractivity contribution is -0.137. The van der Waals surface area contributed by atoms with Crippen LogP contribution in [0, 0.1) is 0 Å². The van der Waals surface area contributed by atoms with Crippen molar-refractivity contribution in [1.82, 2.24) is 5.32 Å². The Labute approximate surface area is 157 Å². The lowest BCUT2D eigenvalue weighted by Gasteiger charge is -2.19. The first-order valence-corrected chi connectivity index (χ1v) is 8.46. The zero-order valence-corrected chi connectivity index (χ0v) is 15.5. The van der Waals surface area contributed by atoms with Crippen molar-refractivity contribution in [1.29, 1.82) is 0 Å². The Bertz CT molecular complexity index is 788. The molecule has 0 aliphatic carbocycles. The van der Waals surface area contributed by atoms with Gasteiger partial charge in [0.1, 0.15) is 5.75 Å². The molecule has 7 nitrogen and oxygen atoms in total. The van der Waals surface area contributed by atoms with Gasteiger partial charge in [-0.05, 0) is 48.9 Å². The highest BCUT2D eigenvalue weighted by molar-refractivity contribution is 5.94.